The van der Waals surface area contributed by atoms with Crippen molar-refractivity contribution in [2.45, 2.75) is 96.2 Å². The number of nitrogens with one attached hydrogen (secondary N) is 1. The van der Waals surface area contributed by atoms with Crippen LogP contribution < -0.4 is 5.32 Å². The number of thioether (sulfide) groups is 1. The molecule has 0 radical (unpaired) electrons. The summed E-state index contributed by atoms with van der Waals surface area (Å²) in [6.07, 6.45) is -0.827. The van der Waals surface area contributed by atoms with Crippen molar-refractivity contribution in [1.82, 2.24) is 5.32 Å². The largest absolute Gasteiger partial charge is 0.466 e. The van der Waals surface area contributed by atoms with Gasteiger partial charge in [-0.05, 0) is 24.7 Å². The molecular weight excluding hydrogens is 562 g/mol. The summed E-state index contributed by atoms with van der Waals surface area (Å²) in [5, 5.41) is 2.65. The van der Waals surface area contributed by atoms with Crippen LogP contribution in [-0.2, 0) is 57.2 Å². The van der Waals surface area contributed by atoms with Crippen LogP contribution in [0.2, 0.25) is 0 Å². The summed E-state index contributed by atoms with van der Waals surface area (Å²) in [5.74, 6) is -4.45. The van der Waals surface area contributed by atoms with Crippen molar-refractivity contribution in [3.05, 3.63) is 22.6 Å². The van der Waals surface area contributed by atoms with E-state index in [4.69, 9.17) is 28.4 Å². The topological polar surface area (TPSA) is 170 Å². The number of amides is 1. The van der Waals surface area contributed by atoms with E-state index in [-0.39, 0.29) is 6.42 Å². The Morgan fingerprint density at radius 1 is 0.976 bits per heavy atom. The number of rotatable bonds is 11. The van der Waals surface area contributed by atoms with Gasteiger partial charge in [-0.1, -0.05) is 29.5 Å². The Hall–Kier alpha value is -3.39. The van der Waals surface area contributed by atoms with E-state index >= 15 is 0 Å². The third kappa shape index (κ3) is 9.88. The van der Waals surface area contributed by atoms with E-state index in [0.29, 0.717) is 6.42 Å². The molecule has 1 fully saturated rings. The molecule has 1 amide bonds. The Morgan fingerprint density at radius 2 is 1.63 bits per heavy atom. The van der Waals surface area contributed by atoms with E-state index in [1.54, 1.807) is 0 Å². The minimum atomic E-state index is -1.85. The highest BCUT2D eigenvalue weighted by molar-refractivity contribution is 8.04. The first-order valence-electron chi connectivity index (χ1n) is 12.9. The first-order valence-corrected chi connectivity index (χ1v) is 13.7. The lowest BCUT2D eigenvalue weighted by atomic mass is 9.89. The molecule has 2 rings (SSSR count). The predicted molar refractivity (Wildman–Crippen MR) is 144 cm³/mol. The second-order valence-electron chi connectivity index (χ2n) is 9.68. The molecule has 13 nitrogen and oxygen atoms in total. The smallest absolute Gasteiger partial charge is 0.349 e. The zero-order chi connectivity index (χ0) is 30.9. The molecule has 6 atom stereocenters. The average molecular weight is 600 g/mol. The minimum Gasteiger partial charge on any atom is -0.466 e. The zero-order valence-corrected chi connectivity index (χ0v) is 25.0. The minimum absolute atomic E-state index is 0.250. The maximum absolute atomic E-state index is 13.4. The summed E-state index contributed by atoms with van der Waals surface area (Å²) < 4.78 is 33.1. The molecule has 0 aromatic rings. The third-order valence-corrected chi connectivity index (χ3v) is 7.47. The summed E-state index contributed by atoms with van der Waals surface area (Å²) in [6.45, 7) is 7.11. The third-order valence-electron chi connectivity index (χ3n) is 6.11. The van der Waals surface area contributed by atoms with E-state index in [2.05, 4.69) is 5.32 Å². The number of carbonyl (C=O) groups excluding carboxylic acids is 6. The van der Waals surface area contributed by atoms with Gasteiger partial charge in [0.2, 0.25) is 10.8 Å². The molecule has 0 bridgehead atoms. The van der Waals surface area contributed by atoms with E-state index in [1.165, 1.54) is 6.92 Å². The summed E-state index contributed by atoms with van der Waals surface area (Å²) in [7, 11) is 1.16. The summed E-state index contributed by atoms with van der Waals surface area (Å²) in [5.41, 5.74) is 1.14. The number of hydrogen-bond acceptors (Lipinski definition) is 13. The second kappa shape index (κ2) is 15.0. The fourth-order valence-electron chi connectivity index (χ4n) is 4.52. The van der Waals surface area contributed by atoms with Crippen LogP contribution >= 0.6 is 11.8 Å². The van der Waals surface area contributed by atoms with Crippen LogP contribution in [0.4, 0.5) is 0 Å². The van der Waals surface area contributed by atoms with Crippen molar-refractivity contribution in [2.24, 2.45) is 0 Å². The van der Waals surface area contributed by atoms with Crippen LogP contribution in [0, 0.1) is 0 Å². The van der Waals surface area contributed by atoms with Gasteiger partial charge in [0, 0.05) is 41.0 Å². The number of carbonyl (C=O) groups is 6. The average Bonchev–Trinajstić information content (AvgIpc) is 2.86. The maximum Gasteiger partial charge on any atom is 0.349 e. The van der Waals surface area contributed by atoms with Gasteiger partial charge in [-0.2, -0.15) is 0 Å². The van der Waals surface area contributed by atoms with Gasteiger partial charge in [-0.3, -0.25) is 24.0 Å². The molecule has 0 saturated carbocycles. The molecule has 1 aliphatic heterocycles. The first-order chi connectivity index (χ1) is 19.2. The molecule has 0 unspecified atom stereocenters. The highest BCUT2D eigenvalue weighted by Gasteiger charge is 2.59. The van der Waals surface area contributed by atoms with Crippen molar-refractivity contribution >= 4 is 47.5 Å². The lowest BCUT2D eigenvalue weighted by Gasteiger charge is -2.48. The number of ether oxygens (including phenoxy) is 6. The van der Waals surface area contributed by atoms with Gasteiger partial charge in [0.1, 0.15) is 18.8 Å². The number of methoxy groups -OCH3 is 1. The molecule has 41 heavy (non-hydrogen) atoms. The highest BCUT2D eigenvalue weighted by atomic mass is 32.2. The molecular formula is C27H37NO12S. The number of allylic oxidation sites excluding steroid dienone is 4. The van der Waals surface area contributed by atoms with Gasteiger partial charge in [0.05, 0.1) is 13.2 Å². The van der Waals surface area contributed by atoms with Gasteiger partial charge >= 0.3 is 29.8 Å². The molecule has 1 N–H and O–H groups in total. The van der Waals surface area contributed by atoms with Gasteiger partial charge in [0.15, 0.2) is 12.2 Å². The van der Waals surface area contributed by atoms with Crippen molar-refractivity contribution in [2.75, 3.05) is 13.7 Å². The summed E-state index contributed by atoms with van der Waals surface area (Å²) in [4.78, 5) is 72.8. The standard InChI is InChI=1S/C27H37NO12S/c1-14-8-10-20(11-9-14)41-27(26(34)35-7)12-21(37-17(4)31)23(28-15(2)29)25(40-27)24(39-19(6)33)22(38-18(5)32)13-36-16(3)30/h8,10,21-25H,9,11-13H2,1-7H3,(H,28,29)/t21-,22+,23+,24+,25+,27+/m0/s1. The zero-order valence-electron chi connectivity index (χ0n) is 24.2. The second-order valence-corrected chi connectivity index (χ2v) is 11.1. The van der Waals surface area contributed by atoms with Gasteiger partial charge < -0.3 is 33.7 Å². The van der Waals surface area contributed by atoms with Crippen LogP contribution in [0.3, 0.4) is 0 Å². The molecule has 0 aromatic carbocycles. The summed E-state index contributed by atoms with van der Waals surface area (Å²) >= 11 is 1.04. The van der Waals surface area contributed by atoms with Crippen LogP contribution in [0.25, 0.3) is 0 Å². The Labute approximate surface area is 242 Å². The molecule has 228 valence electrons. The van der Waals surface area contributed by atoms with Crippen molar-refractivity contribution < 1.29 is 57.2 Å². The van der Waals surface area contributed by atoms with Crippen molar-refractivity contribution in [1.29, 1.82) is 0 Å². The SMILES string of the molecule is COC(=O)[C@]1(SC2=CC=C(C)CC2)C[C@H](OC(C)=O)[C@@H](NC(C)=O)[C@H]([C@H](OC(C)=O)[C@@H](COC(C)=O)OC(C)=O)O1. The summed E-state index contributed by atoms with van der Waals surface area (Å²) in [6, 6.07) is -1.20. The Kier molecular flexibility index (Phi) is 12.4. The van der Waals surface area contributed by atoms with E-state index in [0.717, 1.165) is 63.5 Å². The maximum atomic E-state index is 13.4. The molecule has 1 aliphatic carbocycles. The van der Waals surface area contributed by atoms with E-state index in [9.17, 15) is 28.8 Å². The van der Waals surface area contributed by atoms with Crippen molar-refractivity contribution in [3.8, 4) is 0 Å². The molecule has 1 saturated heterocycles. The fourth-order valence-corrected chi connectivity index (χ4v) is 5.86. The van der Waals surface area contributed by atoms with Gasteiger partial charge in [-0.15, -0.1) is 0 Å². The molecule has 2 aliphatic rings. The van der Waals surface area contributed by atoms with Crippen LogP contribution in [0.5, 0.6) is 0 Å². The fraction of sp³-hybridized carbons (Fsp3) is 0.630. The molecule has 1 heterocycles. The lowest BCUT2D eigenvalue weighted by molar-refractivity contribution is -0.224. The van der Waals surface area contributed by atoms with Crippen LogP contribution in [0.15, 0.2) is 22.6 Å². The monoisotopic (exact) mass is 599 g/mol. The molecule has 0 spiro atoms. The Bertz CT molecular complexity index is 1100. The van der Waals surface area contributed by atoms with Gasteiger partial charge in [0.25, 0.3) is 0 Å². The predicted octanol–water partition coefficient (Wildman–Crippen LogP) is 1.86. The Balaban J connectivity index is 2.75. The van der Waals surface area contributed by atoms with Crippen LogP contribution in [-0.4, -0.2) is 84.9 Å². The first kappa shape index (κ1) is 33.8. The number of hydrogen-bond donors (Lipinski definition) is 1. The Morgan fingerprint density at radius 3 is 2.12 bits per heavy atom. The highest BCUT2D eigenvalue weighted by Crippen LogP contribution is 2.47. The quantitative estimate of drug-likeness (QED) is 0.270. The van der Waals surface area contributed by atoms with Gasteiger partial charge in [-0.25, -0.2) is 4.79 Å². The van der Waals surface area contributed by atoms with Crippen molar-refractivity contribution in [3.63, 3.8) is 0 Å². The van der Waals surface area contributed by atoms with Crippen LogP contribution in [0.1, 0.15) is 60.8 Å². The molecule has 14 heteroatoms. The van der Waals surface area contributed by atoms with E-state index < -0.39 is 77.8 Å². The normalized spacial score (nSPS) is 25.3. The van der Waals surface area contributed by atoms with E-state index in [1.807, 2.05) is 19.1 Å². The molecule has 0 aromatic heterocycles. The number of esters is 5. The lowest BCUT2D eigenvalue weighted by Crippen LogP contribution is -2.68.